The van der Waals surface area contributed by atoms with Gasteiger partial charge in [0, 0.05) is 12.7 Å². The Balaban J connectivity index is 2.00. The highest BCUT2D eigenvalue weighted by atomic mass is 16.4. The van der Waals surface area contributed by atoms with E-state index in [1.165, 1.54) is 25.1 Å². The summed E-state index contributed by atoms with van der Waals surface area (Å²) in [6.45, 7) is 5.24. The van der Waals surface area contributed by atoms with Gasteiger partial charge in [0.15, 0.2) is 5.69 Å². The summed E-state index contributed by atoms with van der Waals surface area (Å²) in [6, 6.07) is 1.39. The van der Waals surface area contributed by atoms with Crippen LogP contribution in [0.4, 0.5) is 5.95 Å². The smallest absolute Gasteiger partial charge is 0.354 e. The minimum atomic E-state index is -1.03. The van der Waals surface area contributed by atoms with Gasteiger partial charge in [0.25, 0.3) is 0 Å². The second kappa shape index (κ2) is 4.31. The van der Waals surface area contributed by atoms with Crippen molar-refractivity contribution in [1.29, 1.82) is 0 Å². The highest BCUT2D eigenvalue weighted by Gasteiger charge is 2.45. The van der Waals surface area contributed by atoms with Crippen LogP contribution in [0.2, 0.25) is 0 Å². The third-order valence-corrected chi connectivity index (χ3v) is 3.59. The Morgan fingerprint density at radius 1 is 1.59 bits per heavy atom. The first-order chi connectivity index (χ1) is 8.03. The van der Waals surface area contributed by atoms with Crippen molar-refractivity contribution in [3.8, 4) is 0 Å². The van der Waals surface area contributed by atoms with E-state index in [2.05, 4.69) is 29.1 Å². The minimum absolute atomic E-state index is 0.0249. The molecule has 0 spiro atoms. The first kappa shape index (κ1) is 11.8. The lowest BCUT2D eigenvalue weighted by molar-refractivity contribution is 0.0690. The number of hydrogen-bond donors (Lipinski definition) is 2. The van der Waals surface area contributed by atoms with E-state index in [-0.39, 0.29) is 5.69 Å². The topological polar surface area (TPSA) is 75.1 Å². The van der Waals surface area contributed by atoms with Crippen molar-refractivity contribution < 1.29 is 9.90 Å². The Bertz CT molecular complexity index is 428. The maximum atomic E-state index is 10.8. The van der Waals surface area contributed by atoms with E-state index in [9.17, 15) is 4.79 Å². The van der Waals surface area contributed by atoms with Gasteiger partial charge in [0.1, 0.15) is 0 Å². The number of nitrogens with zero attached hydrogens (tertiary/aromatic N) is 2. The van der Waals surface area contributed by atoms with Crippen LogP contribution in [0.1, 0.15) is 37.2 Å². The van der Waals surface area contributed by atoms with E-state index in [1.54, 1.807) is 0 Å². The summed E-state index contributed by atoms with van der Waals surface area (Å²) >= 11 is 0. The van der Waals surface area contributed by atoms with E-state index in [1.807, 2.05) is 0 Å². The van der Waals surface area contributed by atoms with Crippen molar-refractivity contribution in [2.45, 2.75) is 26.7 Å². The van der Waals surface area contributed by atoms with Crippen molar-refractivity contribution in [2.75, 3.05) is 11.9 Å². The van der Waals surface area contributed by atoms with Gasteiger partial charge in [0.2, 0.25) is 5.95 Å². The molecule has 0 amide bonds. The lowest BCUT2D eigenvalue weighted by Gasteiger charge is -2.19. The van der Waals surface area contributed by atoms with Crippen molar-refractivity contribution in [1.82, 2.24) is 9.97 Å². The molecule has 1 aromatic rings. The number of aromatic nitrogens is 2. The molecule has 0 aliphatic heterocycles. The van der Waals surface area contributed by atoms with Crippen LogP contribution >= 0.6 is 0 Å². The monoisotopic (exact) mass is 235 g/mol. The van der Waals surface area contributed by atoms with Crippen LogP contribution < -0.4 is 5.32 Å². The third kappa shape index (κ3) is 2.54. The maximum Gasteiger partial charge on any atom is 0.354 e. The molecule has 5 nitrogen and oxygen atoms in total. The van der Waals surface area contributed by atoms with Crippen LogP contribution in [0.15, 0.2) is 12.3 Å². The lowest BCUT2D eigenvalue weighted by Crippen LogP contribution is -2.22. The fourth-order valence-electron chi connectivity index (χ4n) is 1.94. The molecule has 0 atom stereocenters. The average Bonchev–Trinajstić information content (AvgIpc) is 3.08. The summed E-state index contributed by atoms with van der Waals surface area (Å²) in [4.78, 5) is 18.7. The van der Waals surface area contributed by atoms with Crippen LogP contribution in [0, 0.1) is 11.3 Å². The number of rotatable bonds is 5. The largest absolute Gasteiger partial charge is 0.477 e. The van der Waals surface area contributed by atoms with Crippen LogP contribution in [0.5, 0.6) is 0 Å². The fraction of sp³-hybridized carbons (Fsp3) is 0.583. The molecule has 1 fully saturated rings. The van der Waals surface area contributed by atoms with E-state index in [0.29, 0.717) is 17.3 Å². The Kier molecular flexibility index (Phi) is 3.00. The zero-order valence-electron chi connectivity index (χ0n) is 10.1. The highest BCUT2D eigenvalue weighted by molar-refractivity contribution is 5.85. The van der Waals surface area contributed by atoms with Gasteiger partial charge >= 0.3 is 5.97 Å². The molecule has 17 heavy (non-hydrogen) atoms. The van der Waals surface area contributed by atoms with Gasteiger partial charge in [-0.3, -0.25) is 0 Å². The second-order valence-electron chi connectivity index (χ2n) is 4.94. The average molecular weight is 235 g/mol. The molecule has 1 heterocycles. The summed E-state index contributed by atoms with van der Waals surface area (Å²) in [5.74, 6) is -0.00470. The van der Waals surface area contributed by atoms with Crippen LogP contribution in [0.3, 0.4) is 0 Å². The molecular formula is C12H17N3O2. The number of carboxylic acid groups (broad SMARTS) is 1. The molecule has 0 unspecified atom stereocenters. The molecule has 1 aliphatic rings. The second-order valence-corrected chi connectivity index (χ2v) is 4.94. The van der Waals surface area contributed by atoms with Gasteiger partial charge < -0.3 is 10.4 Å². The molecular weight excluding hydrogens is 218 g/mol. The van der Waals surface area contributed by atoms with Gasteiger partial charge in [0.05, 0.1) is 0 Å². The fourth-order valence-corrected chi connectivity index (χ4v) is 1.94. The molecule has 0 saturated heterocycles. The molecule has 1 saturated carbocycles. The van der Waals surface area contributed by atoms with Crippen LogP contribution in [-0.2, 0) is 0 Å². The van der Waals surface area contributed by atoms with Gasteiger partial charge in [-0.1, -0.05) is 13.8 Å². The van der Waals surface area contributed by atoms with Gasteiger partial charge in [-0.15, -0.1) is 0 Å². The number of carboxylic acids is 1. The summed E-state index contributed by atoms with van der Waals surface area (Å²) in [5, 5.41) is 12.0. The Morgan fingerprint density at radius 2 is 2.29 bits per heavy atom. The molecule has 0 bridgehead atoms. The number of anilines is 1. The van der Waals surface area contributed by atoms with E-state index in [4.69, 9.17) is 5.11 Å². The summed E-state index contributed by atoms with van der Waals surface area (Å²) in [5.41, 5.74) is 0.375. The highest BCUT2D eigenvalue weighted by Crippen LogP contribution is 2.51. The zero-order chi connectivity index (χ0) is 12.5. The molecule has 2 N–H and O–H groups in total. The maximum absolute atomic E-state index is 10.8. The molecule has 1 aliphatic carbocycles. The van der Waals surface area contributed by atoms with Crippen molar-refractivity contribution in [3.05, 3.63) is 18.0 Å². The molecule has 5 heteroatoms. The summed E-state index contributed by atoms with van der Waals surface area (Å²) in [7, 11) is 0. The van der Waals surface area contributed by atoms with E-state index < -0.39 is 5.97 Å². The molecule has 0 aromatic carbocycles. The molecule has 1 aromatic heterocycles. The van der Waals surface area contributed by atoms with Gasteiger partial charge in [-0.25, -0.2) is 14.8 Å². The molecule has 2 rings (SSSR count). The van der Waals surface area contributed by atoms with Crippen molar-refractivity contribution >= 4 is 11.9 Å². The molecule has 92 valence electrons. The summed E-state index contributed by atoms with van der Waals surface area (Å²) < 4.78 is 0. The number of nitrogens with one attached hydrogen (secondary N) is 1. The van der Waals surface area contributed by atoms with E-state index in [0.717, 1.165) is 6.54 Å². The Morgan fingerprint density at radius 3 is 2.82 bits per heavy atom. The van der Waals surface area contributed by atoms with Gasteiger partial charge in [-0.05, 0) is 30.2 Å². The normalized spacial score (nSPS) is 16.9. The van der Waals surface area contributed by atoms with Crippen LogP contribution in [-0.4, -0.2) is 27.6 Å². The first-order valence-electron chi connectivity index (χ1n) is 5.84. The predicted molar refractivity (Wildman–Crippen MR) is 64.0 cm³/mol. The quantitative estimate of drug-likeness (QED) is 0.816. The number of carbonyl (C=O) groups is 1. The van der Waals surface area contributed by atoms with Gasteiger partial charge in [-0.2, -0.15) is 0 Å². The summed E-state index contributed by atoms with van der Waals surface area (Å²) in [6.07, 6.45) is 3.90. The SMILES string of the molecule is CC(C)C1(CNc2nccc(C(=O)O)n2)CC1. The third-order valence-electron chi connectivity index (χ3n) is 3.59. The van der Waals surface area contributed by atoms with E-state index >= 15 is 0 Å². The zero-order valence-corrected chi connectivity index (χ0v) is 10.1. The van der Waals surface area contributed by atoms with Crippen molar-refractivity contribution in [2.24, 2.45) is 11.3 Å². The number of aromatic carboxylic acids is 1. The Hall–Kier alpha value is -1.65. The Labute approximate surface area is 100 Å². The van der Waals surface area contributed by atoms with Crippen molar-refractivity contribution in [3.63, 3.8) is 0 Å². The lowest BCUT2D eigenvalue weighted by atomic mass is 9.92. The van der Waals surface area contributed by atoms with Crippen LogP contribution in [0.25, 0.3) is 0 Å². The number of hydrogen-bond acceptors (Lipinski definition) is 4. The molecule has 0 radical (unpaired) electrons. The minimum Gasteiger partial charge on any atom is -0.477 e. The standard InChI is InChI=1S/C12H17N3O2/c1-8(2)12(4-5-12)7-14-11-13-6-3-9(15-11)10(16)17/h3,6,8H,4-5,7H2,1-2H3,(H,16,17)(H,13,14,15). The predicted octanol–water partition coefficient (Wildman–Crippen LogP) is 2.02. The first-order valence-corrected chi connectivity index (χ1v) is 5.84.